The Bertz CT molecular complexity index is 535. The smallest absolute Gasteiger partial charge is 0.225 e. The Morgan fingerprint density at radius 1 is 1.23 bits per heavy atom. The van der Waals surface area contributed by atoms with Crippen LogP contribution in [-0.4, -0.2) is 59.5 Å². The standard InChI is InChI=1S/C14H23N7O/c1-14(2,11(15)22)10-19-12(16)20-6-8-21(9-7-20)13-17-4-3-5-18-13/h3-5H,6-10H2,1-2H3,(H2,15,22)(H2,16,19). The van der Waals surface area contributed by atoms with E-state index in [0.29, 0.717) is 5.96 Å². The summed E-state index contributed by atoms with van der Waals surface area (Å²) in [7, 11) is 0. The first kappa shape index (κ1) is 16.0. The molecule has 0 bridgehead atoms. The number of nitrogens with zero attached hydrogens (tertiary/aromatic N) is 5. The Morgan fingerprint density at radius 2 is 1.82 bits per heavy atom. The largest absolute Gasteiger partial charge is 0.370 e. The molecule has 1 aromatic rings. The van der Waals surface area contributed by atoms with Gasteiger partial charge in [0.2, 0.25) is 11.9 Å². The molecule has 0 aliphatic carbocycles. The highest BCUT2D eigenvalue weighted by molar-refractivity contribution is 5.82. The summed E-state index contributed by atoms with van der Waals surface area (Å²) in [5.41, 5.74) is 10.7. The summed E-state index contributed by atoms with van der Waals surface area (Å²) >= 11 is 0. The minimum atomic E-state index is -0.690. The van der Waals surface area contributed by atoms with Crippen LogP contribution in [0.4, 0.5) is 5.95 Å². The van der Waals surface area contributed by atoms with Crippen molar-refractivity contribution >= 4 is 17.8 Å². The van der Waals surface area contributed by atoms with E-state index in [1.165, 1.54) is 0 Å². The average Bonchev–Trinajstić information content (AvgIpc) is 2.53. The second-order valence-electron chi connectivity index (χ2n) is 5.95. The molecule has 2 heterocycles. The third kappa shape index (κ3) is 3.84. The van der Waals surface area contributed by atoms with Crippen LogP contribution in [0.1, 0.15) is 13.8 Å². The lowest BCUT2D eigenvalue weighted by Gasteiger charge is -2.35. The van der Waals surface area contributed by atoms with E-state index in [4.69, 9.17) is 11.5 Å². The maximum atomic E-state index is 11.3. The van der Waals surface area contributed by atoms with Crippen molar-refractivity contribution in [2.45, 2.75) is 13.8 Å². The lowest BCUT2D eigenvalue weighted by molar-refractivity contribution is -0.125. The number of amides is 1. The van der Waals surface area contributed by atoms with Crippen LogP contribution in [0.5, 0.6) is 0 Å². The molecule has 4 N–H and O–H groups in total. The predicted molar refractivity (Wildman–Crippen MR) is 85.3 cm³/mol. The molecule has 8 heteroatoms. The Morgan fingerprint density at radius 3 is 2.36 bits per heavy atom. The number of hydrogen-bond donors (Lipinski definition) is 2. The molecule has 0 spiro atoms. The highest BCUT2D eigenvalue weighted by Crippen LogP contribution is 2.15. The molecule has 120 valence electrons. The lowest BCUT2D eigenvalue weighted by Crippen LogP contribution is -2.52. The van der Waals surface area contributed by atoms with Crippen LogP contribution in [0, 0.1) is 5.41 Å². The van der Waals surface area contributed by atoms with E-state index >= 15 is 0 Å². The third-order valence-electron chi connectivity index (χ3n) is 3.74. The fourth-order valence-electron chi connectivity index (χ4n) is 2.05. The van der Waals surface area contributed by atoms with E-state index in [0.717, 1.165) is 32.1 Å². The number of primary amides is 1. The summed E-state index contributed by atoms with van der Waals surface area (Å²) in [6.07, 6.45) is 3.47. The quantitative estimate of drug-likeness (QED) is 0.568. The Hall–Kier alpha value is -2.38. The first-order valence-corrected chi connectivity index (χ1v) is 7.27. The SMILES string of the molecule is CC(C)(CN=C(N)N1CCN(c2ncccn2)CC1)C(N)=O. The number of aliphatic imine (C=N–C) groups is 1. The number of carbonyl (C=O) groups is 1. The minimum absolute atomic E-state index is 0.288. The van der Waals surface area contributed by atoms with Crippen molar-refractivity contribution in [1.82, 2.24) is 14.9 Å². The molecule has 1 saturated heterocycles. The van der Waals surface area contributed by atoms with Crippen LogP contribution >= 0.6 is 0 Å². The van der Waals surface area contributed by atoms with Crippen molar-refractivity contribution in [3.05, 3.63) is 18.5 Å². The number of piperazine rings is 1. The molecule has 1 aromatic heterocycles. The summed E-state index contributed by atoms with van der Waals surface area (Å²) < 4.78 is 0. The van der Waals surface area contributed by atoms with Crippen molar-refractivity contribution in [1.29, 1.82) is 0 Å². The Labute approximate surface area is 130 Å². The summed E-state index contributed by atoms with van der Waals surface area (Å²) in [4.78, 5) is 28.2. The van der Waals surface area contributed by atoms with Gasteiger partial charge in [0.15, 0.2) is 5.96 Å². The van der Waals surface area contributed by atoms with Gasteiger partial charge in [0.25, 0.3) is 0 Å². The molecule has 22 heavy (non-hydrogen) atoms. The van der Waals surface area contributed by atoms with Gasteiger partial charge in [-0.05, 0) is 19.9 Å². The van der Waals surface area contributed by atoms with E-state index in [9.17, 15) is 4.79 Å². The molecule has 0 radical (unpaired) electrons. The first-order chi connectivity index (χ1) is 10.4. The highest BCUT2D eigenvalue weighted by Gasteiger charge is 2.25. The minimum Gasteiger partial charge on any atom is -0.370 e. The van der Waals surface area contributed by atoms with E-state index in [2.05, 4.69) is 19.9 Å². The number of anilines is 1. The van der Waals surface area contributed by atoms with Gasteiger partial charge in [-0.2, -0.15) is 0 Å². The first-order valence-electron chi connectivity index (χ1n) is 7.27. The lowest BCUT2D eigenvalue weighted by atomic mass is 9.93. The van der Waals surface area contributed by atoms with Crippen molar-refractivity contribution in [2.75, 3.05) is 37.6 Å². The molecule has 0 unspecified atom stereocenters. The van der Waals surface area contributed by atoms with Gasteiger partial charge in [0.05, 0.1) is 12.0 Å². The summed E-state index contributed by atoms with van der Waals surface area (Å²) in [6, 6.07) is 1.80. The summed E-state index contributed by atoms with van der Waals surface area (Å²) in [5, 5.41) is 0. The number of rotatable bonds is 4. The number of carbonyl (C=O) groups excluding carboxylic acids is 1. The zero-order chi connectivity index (χ0) is 16.2. The predicted octanol–water partition coefficient (Wildman–Crippen LogP) is -0.575. The van der Waals surface area contributed by atoms with E-state index in [1.807, 2.05) is 4.90 Å². The van der Waals surface area contributed by atoms with Gasteiger partial charge in [0, 0.05) is 38.6 Å². The molecule has 1 amide bonds. The maximum absolute atomic E-state index is 11.3. The molecule has 1 fully saturated rings. The molecular formula is C14H23N7O. The zero-order valence-corrected chi connectivity index (χ0v) is 13.1. The van der Waals surface area contributed by atoms with Gasteiger partial charge in [0.1, 0.15) is 0 Å². The average molecular weight is 305 g/mol. The van der Waals surface area contributed by atoms with Crippen molar-refractivity contribution in [3.8, 4) is 0 Å². The highest BCUT2D eigenvalue weighted by atomic mass is 16.1. The molecule has 1 aliphatic rings. The molecule has 1 aliphatic heterocycles. The van der Waals surface area contributed by atoms with E-state index < -0.39 is 5.41 Å². The zero-order valence-electron chi connectivity index (χ0n) is 13.1. The fourth-order valence-corrected chi connectivity index (χ4v) is 2.05. The van der Waals surface area contributed by atoms with E-state index in [-0.39, 0.29) is 12.5 Å². The molecule has 8 nitrogen and oxygen atoms in total. The van der Waals surface area contributed by atoms with Gasteiger partial charge in [-0.25, -0.2) is 9.97 Å². The molecule has 0 aromatic carbocycles. The third-order valence-corrected chi connectivity index (χ3v) is 3.74. The van der Waals surface area contributed by atoms with Crippen LogP contribution in [-0.2, 0) is 4.79 Å². The van der Waals surface area contributed by atoms with Gasteiger partial charge in [-0.1, -0.05) is 0 Å². The molecule has 2 rings (SSSR count). The number of aromatic nitrogens is 2. The Kier molecular flexibility index (Phi) is 4.79. The van der Waals surface area contributed by atoms with Gasteiger partial charge < -0.3 is 21.3 Å². The molecule has 0 atom stereocenters. The summed E-state index contributed by atoms with van der Waals surface area (Å²) in [5.74, 6) is 0.797. The van der Waals surface area contributed by atoms with Crippen molar-refractivity contribution in [2.24, 2.45) is 21.9 Å². The van der Waals surface area contributed by atoms with Crippen LogP contribution < -0.4 is 16.4 Å². The van der Waals surface area contributed by atoms with Gasteiger partial charge >= 0.3 is 0 Å². The van der Waals surface area contributed by atoms with Crippen LogP contribution in [0.2, 0.25) is 0 Å². The van der Waals surface area contributed by atoms with Crippen molar-refractivity contribution < 1.29 is 4.79 Å². The van der Waals surface area contributed by atoms with Crippen LogP contribution in [0.25, 0.3) is 0 Å². The second kappa shape index (κ2) is 6.59. The van der Waals surface area contributed by atoms with Gasteiger partial charge in [-0.15, -0.1) is 0 Å². The second-order valence-corrected chi connectivity index (χ2v) is 5.95. The normalized spacial score (nSPS) is 16.7. The van der Waals surface area contributed by atoms with Crippen LogP contribution in [0.3, 0.4) is 0 Å². The number of hydrogen-bond acceptors (Lipinski definition) is 5. The van der Waals surface area contributed by atoms with Gasteiger partial charge in [-0.3, -0.25) is 9.79 Å². The topological polar surface area (TPSA) is 114 Å². The molecule has 0 saturated carbocycles. The monoisotopic (exact) mass is 305 g/mol. The van der Waals surface area contributed by atoms with E-state index in [1.54, 1.807) is 32.3 Å². The number of nitrogens with two attached hydrogens (primary N) is 2. The summed E-state index contributed by atoms with van der Waals surface area (Å²) in [6.45, 7) is 6.85. The van der Waals surface area contributed by atoms with Crippen LogP contribution in [0.15, 0.2) is 23.5 Å². The molecular weight excluding hydrogens is 282 g/mol. The number of guanidine groups is 1. The Balaban J connectivity index is 1.90. The maximum Gasteiger partial charge on any atom is 0.225 e. The van der Waals surface area contributed by atoms with Crippen molar-refractivity contribution in [3.63, 3.8) is 0 Å². The fraction of sp³-hybridized carbons (Fsp3) is 0.571.